The van der Waals surface area contributed by atoms with Gasteiger partial charge in [-0.2, -0.15) is 0 Å². The number of carbonyl (C=O) groups excluding carboxylic acids is 2. The summed E-state index contributed by atoms with van der Waals surface area (Å²) in [6.45, 7) is 0. The van der Waals surface area contributed by atoms with Gasteiger partial charge in [-0.1, -0.05) is 17.9 Å². The fraction of sp³-hybridized carbons (Fsp3) is 0.370. The largest absolute Gasteiger partial charge is 0.870 e. The van der Waals surface area contributed by atoms with Crippen LogP contribution in [0.1, 0.15) is 0 Å². The highest BCUT2D eigenvalue weighted by molar-refractivity contribution is 5.86. The van der Waals surface area contributed by atoms with Crippen molar-refractivity contribution in [2.75, 3.05) is 0 Å². The number of carboxylic acids is 2. The zero-order valence-electron chi connectivity index (χ0n) is 22.4. The number of aliphatic hydroxyl groups excluding tert-OH is 5. The van der Waals surface area contributed by atoms with E-state index in [0.717, 1.165) is 30.3 Å². The molecule has 0 amide bonds. The summed E-state index contributed by atoms with van der Waals surface area (Å²) in [7, 11) is 0. The molecular formula is C27H23O18-3. The topological polar surface area (TPSA) is 312 Å². The number of aliphatic hydroxyl groups is 5. The second-order valence-electron chi connectivity index (χ2n) is 10.1. The zero-order valence-corrected chi connectivity index (χ0v) is 22.4. The first-order chi connectivity index (χ1) is 21.2. The van der Waals surface area contributed by atoms with Gasteiger partial charge in [0.1, 0.15) is 76.7 Å². The van der Waals surface area contributed by atoms with E-state index in [1.165, 1.54) is 6.07 Å². The summed E-state index contributed by atoms with van der Waals surface area (Å²) in [5.74, 6) is -6.66. The second-order valence-corrected chi connectivity index (χ2v) is 10.1. The summed E-state index contributed by atoms with van der Waals surface area (Å²) in [5.41, 5.74) is -0.995. The van der Waals surface area contributed by atoms with Crippen LogP contribution in [0.4, 0.5) is 0 Å². The molecule has 0 unspecified atom stereocenters. The smallest absolute Gasteiger partial charge is 0.229 e. The lowest BCUT2D eigenvalue weighted by Gasteiger charge is -2.46. The minimum absolute atomic E-state index is 0.100. The Labute approximate surface area is 249 Å². The molecule has 3 heterocycles. The van der Waals surface area contributed by atoms with Crippen LogP contribution in [0.5, 0.6) is 23.0 Å². The van der Waals surface area contributed by atoms with Gasteiger partial charge in [0.05, 0.1) is 11.9 Å². The minimum Gasteiger partial charge on any atom is -0.870 e. The number of phenolic OH excluding ortho intramolecular Hbond substituents is 2. The minimum atomic E-state index is -2.25. The second kappa shape index (κ2) is 12.1. The molecule has 0 saturated carbocycles. The number of fused-ring (bicyclic) bond motifs is 1. The molecule has 2 saturated heterocycles. The Hall–Kier alpha value is -4.53. The third-order valence-electron chi connectivity index (χ3n) is 7.15. The van der Waals surface area contributed by atoms with Crippen LogP contribution in [-0.2, 0) is 23.8 Å². The van der Waals surface area contributed by atoms with Crippen LogP contribution in [0.25, 0.3) is 22.3 Å². The van der Waals surface area contributed by atoms with Crippen molar-refractivity contribution in [2.24, 2.45) is 0 Å². The van der Waals surface area contributed by atoms with E-state index in [2.05, 4.69) is 0 Å². The molecule has 0 radical (unpaired) electrons. The number of benzene rings is 2. The normalized spacial score (nSPS) is 31.8. The van der Waals surface area contributed by atoms with Gasteiger partial charge in [-0.15, -0.1) is 0 Å². The van der Waals surface area contributed by atoms with E-state index in [0.29, 0.717) is 0 Å². The third-order valence-corrected chi connectivity index (χ3v) is 7.15. The van der Waals surface area contributed by atoms with E-state index in [4.69, 9.17) is 23.4 Å². The summed E-state index contributed by atoms with van der Waals surface area (Å²) < 4.78 is 26.8. The van der Waals surface area contributed by atoms with Crippen molar-refractivity contribution >= 4 is 22.9 Å². The van der Waals surface area contributed by atoms with Crippen LogP contribution in [-0.4, -0.2) is 109 Å². The maximum Gasteiger partial charge on any atom is 0.229 e. The summed E-state index contributed by atoms with van der Waals surface area (Å²) in [5, 5.41) is 106. The number of ether oxygens (including phenoxy) is 4. The molecule has 2 aliphatic heterocycles. The average molecular weight is 635 g/mol. The van der Waals surface area contributed by atoms with Crippen molar-refractivity contribution < 1.29 is 84.0 Å². The summed E-state index contributed by atoms with van der Waals surface area (Å²) >= 11 is 0. The Morgan fingerprint density at radius 3 is 2.00 bits per heavy atom. The van der Waals surface area contributed by atoms with Crippen LogP contribution < -0.4 is 25.5 Å². The molecule has 45 heavy (non-hydrogen) atoms. The first kappa shape index (κ1) is 31.9. The zero-order chi connectivity index (χ0) is 32.9. The van der Waals surface area contributed by atoms with E-state index < -0.39 is 102 Å². The van der Waals surface area contributed by atoms with Gasteiger partial charge in [0.15, 0.2) is 17.8 Å². The van der Waals surface area contributed by atoms with Crippen molar-refractivity contribution in [1.29, 1.82) is 0 Å². The Kier molecular flexibility index (Phi) is 8.58. The molecule has 5 rings (SSSR count). The van der Waals surface area contributed by atoms with Crippen molar-refractivity contribution in [1.82, 2.24) is 0 Å². The van der Waals surface area contributed by atoms with Gasteiger partial charge in [0, 0.05) is 23.8 Å². The van der Waals surface area contributed by atoms with Crippen LogP contribution >= 0.6 is 0 Å². The summed E-state index contributed by atoms with van der Waals surface area (Å²) in [6, 6.07) is 6.15. The molecule has 18 nitrogen and oxygen atoms in total. The SMILES string of the molecule is O=C([O-])[C@H]1O[C@@H](O[C@H]2[C@H](Oc3cc(O)c4c(=O)cc(-c5ccc([O-])c(O)c5)oc4c3)O[C@H](C(=O)[O-])[C@@H](O)[C@@H]2O)[C@H](O)[C@@H](O)[C@@H]1O. The van der Waals surface area contributed by atoms with Crippen molar-refractivity contribution in [3.8, 4) is 34.3 Å². The quantitative estimate of drug-likeness (QED) is 0.127. The molecule has 2 aromatic carbocycles. The molecule has 0 bridgehead atoms. The van der Waals surface area contributed by atoms with Crippen molar-refractivity contribution in [3.05, 3.63) is 46.6 Å². The number of aromatic hydroxyl groups is 2. The van der Waals surface area contributed by atoms with Crippen LogP contribution in [0.2, 0.25) is 0 Å². The van der Waals surface area contributed by atoms with Gasteiger partial charge in [-0.3, -0.25) is 4.79 Å². The molecule has 0 aliphatic carbocycles. The number of rotatable bonds is 7. The lowest BCUT2D eigenvalue weighted by molar-refractivity contribution is -0.378. The highest BCUT2D eigenvalue weighted by Crippen LogP contribution is 2.36. The van der Waals surface area contributed by atoms with Gasteiger partial charge in [-0.25, -0.2) is 0 Å². The van der Waals surface area contributed by atoms with E-state index in [1.54, 1.807) is 0 Å². The number of phenols is 2. The van der Waals surface area contributed by atoms with Gasteiger partial charge >= 0.3 is 0 Å². The van der Waals surface area contributed by atoms with Crippen LogP contribution in [0.15, 0.2) is 45.6 Å². The molecular weight excluding hydrogens is 612 g/mol. The number of hydrogen-bond donors (Lipinski definition) is 7. The number of carboxylic acid groups (broad SMARTS) is 2. The predicted molar refractivity (Wildman–Crippen MR) is 134 cm³/mol. The average Bonchev–Trinajstić information content (AvgIpc) is 2.97. The molecule has 2 aliphatic rings. The fourth-order valence-electron chi connectivity index (χ4n) is 4.84. The van der Waals surface area contributed by atoms with Crippen molar-refractivity contribution in [2.45, 2.75) is 61.4 Å². The van der Waals surface area contributed by atoms with E-state index in [9.17, 15) is 65.4 Å². The van der Waals surface area contributed by atoms with Crippen LogP contribution in [0.3, 0.4) is 0 Å². The number of carbonyl (C=O) groups is 2. The Morgan fingerprint density at radius 1 is 0.756 bits per heavy atom. The predicted octanol–water partition coefficient (Wildman–Crippen LogP) is -5.54. The maximum absolute atomic E-state index is 12.8. The maximum atomic E-state index is 12.8. The lowest BCUT2D eigenvalue weighted by atomic mass is 9.97. The Balaban J connectivity index is 1.51. The Bertz CT molecular complexity index is 1670. The molecule has 3 aromatic rings. The third kappa shape index (κ3) is 5.95. The van der Waals surface area contributed by atoms with Crippen molar-refractivity contribution in [3.63, 3.8) is 0 Å². The van der Waals surface area contributed by atoms with Gasteiger partial charge in [-0.05, 0) is 6.07 Å². The molecule has 1 aromatic heterocycles. The number of hydrogen-bond acceptors (Lipinski definition) is 18. The summed E-state index contributed by atoms with van der Waals surface area (Å²) in [6.07, 6.45) is -21.8. The molecule has 2 fully saturated rings. The number of aliphatic carboxylic acids is 2. The molecule has 7 N–H and O–H groups in total. The van der Waals surface area contributed by atoms with Gasteiger partial charge in [0.2, 0.25) is 6.29 Å². The molecule has 0 spiro atoms. The Morgan fingerprint density at radius 2 is 1.38 bits per heavy atom. The van der Waals surface area contributed by atoms with Crippen LogP contribution in [0, 0.1) is 0 Å². The highest BCUT2D eigenvalue weighted by Gasteiger charge is 2.52. The first-order valence-corrected chi connectivity index (χ1v) is 12.9. The highest BCUT2D eigenvalue weighted by atomic mass is 16.8. The van der Waals surface area contributed by atoms with Gasteiger partial charge < -0.3 is 84.0 Å². The molecule has 10 atom stereocenters. The monoisotopic (exact) mass is 635 g/mol. The van der Waals surface area contributed by atoms with E-state index >= 15 is 0 Å². The van der Waals surface area contributed by atoms with E-state index in [-0.39, 0.29) is 22.3 Å². The van der Waals surface area contributed by atoms with Gasteiger partial charge in [0.25, 0.3) is 0 Å². The molecule has 242 valence electrons. The first-order valence-electron chi connectivity index (χ1n) is 12.9. The lowest BCUT2D eigenvalue weighted by Crippen LogP contribution is -2.67. The summed E-state index contributed by atoms with van der Waals surface area (Å²) in [4.78, 5) is 35.8. The van der Waals surface area contributed by atoms with E-state index in [1.807, 2.05) is 0 Å². The fourth-order valence-corrected chi connectivity index (χ4v) is 4.84. The molecule has 18 heteroatoms. The standard InChI is InChI=1S/C27H26O18/c28-9-2-1-7(3-10(9)29)13-6-12(31)15-11(30)4-8(5-14(15)42-13)41-27-23(19(35)18(34)22(44-27)25(39)40)45-26-20(36)16(32)17(33)21(43-26)24(37)38/h1-6,16-23,26-30,32-36H,(H,37,38)(H,39,40)/p-3/t16-,17-,18-,19-,20+,21-,22-,23+,26-,27+/m0/s1.